The molecule has 1 rings (SSSR count). The van der Waals surface area contributed by atoms with Crippen LogP contribution < -0.4 is 10.9 Å². The van der Waals surface area contributed by atoms with Crippen molar-refractivity contribution in [3.63, 3.8) is 0 Å². The van der Waals surface area contributed by atoms with Crippen molar-refractivity contribution in [2.24, 2.45) is 10.9 Å². The minimum absolute atomic E-state index is 0.225. The number of hydrogen-bond donors (Lipinski definition) is 2. The monoisotopic (exact) mass is 248 g/mol. The molecular formula is C9H10F2N2O2S. The molecule has 0 unspecified atom stereocenters. The molecule has 0 fully saturated rings. The van der Waals surface area contributed by atoms with Gasteiger partial charge in [0, 0.05) is 6.04 Å². The smallest absolute Gasteiger partial charge is 0.357 e. The van der Waals surface area contributed by atoms with Crippen molar-refractivity contribution in [1.29, 1.82) is 0 Å². The van der Waals surface area contributed by atoms with Crippen molar-refractivity contribution in [3.05, 3.63) is 34.9 Å². The summed E-state index contributed by atoms with van der Waals surface area (Å²) in [7, 11) is 0. The SMILES string of the molecule is C[C@@H](N)c1cc(F)c(C(=O)OSN)c(F)c1. The van der Waals surface area contributed by atoms with Crippen LogP contribution in [0.5, 0.6) is 0 Å². The highest BCUT2D eigenvalue weighted by molar-refractivity contribution is 7.92. The highest BCUT2D eigenvalue weighted by atomic mass is 32.2. The van der Waals surface area contributed by atoms with Crippen molar-refractivity contribution in [2.45, 2.75) is 13.0 Å². The van der Waals surface area contributed by atoms with Gasteiger partial charge in [0.05, 0.1) is 0 Å². The summed E-state index contributed by atoms with van der Waals surface area (Å²) < 4.78 is 31.0. The third-order valence-electron chi connectivity index (χ3n) is 1.92. The number of benzene rings is 1. The maximum absolute atomic E-state index is 13.4. The molecule has 0 spiro atoms. The van der Waals surface area contributed by atoms with Crippen molar-refractivity contribution in [3.8, 4) is 0 Å². The van der Waals surface area contributed by atoms with Gasteiger partial charge in [-0.15, -0.1) is 0 Å². The first-order valence-electron chi connectivity index (χ1n) is 4.29. The molecular weight excluding hydrogens is 238 g/mol. The third-order valence-corrected chi connectivity index (χ3v) is 2.17. The molecule has 0 aromatic heterocycles. The van der Waals surface area contributed by atoms with Gasteiger partial charge in [-0.1, -0.05) is 0 Å². The molecule has 7 heteroatoms. The van der Waals surface area contributed by atoms with Gasteiger partial charge in [0.2, 0.25) is 0 Å². The second-order valence-corrected chi connectivity index (χ2v) is 3.47. The summed E-state index contributed by atoms with van der Waals surface area (Å²) in [4.78, 5) is 11.1. The van der Waals surface area contributed by atoms with E-state index in [-0.39, 0.29) is 17.8 Å². The second kappa shape index (κ2) is 5.24. The molecule has 16 heavy (non-hydrogen) atoms. The van der Waals surface area contributed by atoms with Crippen LogP contribution in [0.15, 0.2) is 12.1 Å². The Bertz CT molecular complexity index is 389. The number of halogens is 2. The predicted octanol–water partition coefficient (Wildman–Crippen LogP) is 1.66. The fraction of sp³-hybridized carbons (Fsp3) is 0.222. The lowest BCUT2D eigenvalue weighted by Crippen LogP contribution is -2.12. The molecule has 0 aliphatic rings. The zero-order valence-corrected chi connectivity index (χ0v) is 9.18. The first-order valence-corrected chi connectivity index (χ1v) is 5.10. The number of carbonyl (C=O) groups is 1. The third kappa shape index (κ3) is 2.69. The Labute approximate surface area is 95.3 Å². The van der Waals surface area contributed by atoms with Crippen molar-refractivity contribution >= 4 is 18.2 Å². The van der Waals surface area contributed by atoms with Gasteiger partial charge in [0.15, 0.2) is 0 Å². The van der Waals surface area contributed by atoms with Crippen LogP contribution in [0.25, 0.3) is 0 Å². The zero-order chi connectivity index (χ0) is 12.3. The fourth-order valence-corrected chi connectivity index (χ4v) is 1.31. The molecule has 4 nitrogen and oxygen atoms in total. The van der Waals surface area contributed by atoms with E-state index in [4.69, 9.17) is 10.9 Å². The Hall–Kier alpha value is -1.18. The van der Waals surface area contributed by atoms with Crippen molar-refractivity contribution in [1.82, 2.24) is 0 Å². The maximum Gasteiger partial charge on any atom is 0.357 e. The molecule has 88 valence electrons. The molecule has 1 atom stereocenters. The summed E-state index contributed by atoms with van der Waals surface area (Å²) in [5, 5.41) is 4.85. The Balaban J connectivity index is 3.17. The summed E-state index contributed by atoms with van der Waals surface area (Å²) in [5.74, 6) is -3.21. The minimum Gasteiger partial charge on any atom is -0.371 e. The van der Waals surface area contributed by atoms with Gasteiger partial charge in [-0.3, -0.25) is 0 Å². The van der Waals surface area contributed by atoms with Crippen molar-refractivity contribution < 1.29 is 17.8 Å². The molecule has 0 saturated carbocycles. The highest BCUT2D eigenvalue weighted by Crippen LogP contribution is 2.20. The molecule has 0 aliphatic heterocycles. The summed E-state index contributed by atoms with van der Waals surface area (Å²) in [6.45, 7) is 1.57. The maximum atomic E-state index is 13.4. The van der Waals surface area contributed by atoms with Crippen LogP contribution in [-0.4, -0.2) is 5.97 Å². The van der Waals surface area contributed by atoms with Gasteiger partial charge < -0.3 is 9.92 Å². The molecule has 0 amide bonds. The van der Waals surface area contributed by atoms with E-state index in [0.29, 0.717) is 0 Å². The molecule has 0 radical (unpaired) electrons. The largest absolute Gasteiger partial charge is 0.371 e. The van der Waals surface area contributed by atoms with Gasteiger partial charge >= 0.3 is 5.97 Å². The first-order chi connectivity index (χ1) is 7.47. The lowest BCUT2D eigenvalue weighted by molar-refractivity contribution is 0.0758. The van der Waals surface area contributed by atoms with Gasteiger partial charge in [-0.05, 0) is 24.6 Å². The highest BCUT2D eigenvalue weighted by Gasteiger charge is 2.21. The topological polar surface area (TPSA) is 78.3 Å². The van der Waals surface area contributed by atoms with E-state index in [1.165, 1.54) is 0 Å². The summed E-state index contributed by atoms with van der Waals surface area (Å²) >= 11 is 0.225. The number of rotatable bonds is 3. The van der Waals surface area contributed by atoms with E-state index in [1.54, 1.807) is 6.92 Å². The predicted molar refractivity (Wildman–Crippen MR) is 56.2 cm³/mol. The number of carbonyl (C=O) groups excluding carboxylic acids is 1. The lowest BCUT2D eigenvalue weighted by atomic mass is 10.1. The van der Waals surface area contributed by atoms with E-state index in [2.05, 4.69) is 4.18 Å². The van der Waals surface area contributed by atoms with Crippen LogP contribution in [0.1, 0.15) is 28.9 Å². The van der Waals surface area contributed by atoms with E-state index < -0.39 is 29.2 Å². The van der Waals surface area contributed by atoms with Crippen LogP contribution in [0.3, 0.4) is 0 Å². The average molecular weight is 248 g/mol. The molecule has 0 heterocycles. The Morgan fingerprint density at radius 1 is 1.44 bits per heavy atom. The quantitative estimate of drug-likeness (QED) is 0.628. The van der Waals surface area contributed by atoms with Crippen LogP contribution in [-0.2, 0) is 4.18 Å². The summed E-state index contributed by atoms with van der Waals surface area (Å²) in [5.41, 5.74) is 4.94. The van der Waals surface area contributed by atoms with E-state index in [0.717, 1.165) is 12.1 Å². The minimum atomic E-state index is -1.17. The summed E-state index contributed by atoms with van der Waals surface area (Å²) in [6.07, 6.45) is 0. The molecule has 0 saturated heterocycles. The number of hydrogen-bond acceptors (Lipinski definition) is 5. The average Bonchev–Trinajstić information content (AvgIpc) is 2.16. The van der Waals surface area contributed by atoms with Crippen LogP contribution in [0, 0.1) is 11.6 Å². The van der Waals surface area contributed by atoms with E-state index in [9.17, 15) is 13.6 Å². The Kier molecular flexibility index (Phi) is 4.22. The fourth-order valence-electron chi connectivity index (χ4n) is 1.14. The van der Waals surface area contributed by atoms with E-state index >= 15 is 0 Å². The normalized spacial score (nSPS) is 12.3. The lowest BCUT2D eigenvalue weighted by Gasteiger charge is -2.08. The van der Waals surface area contributed by atoms with E-state index in [1.807, 2.05) is 0 Å². The van der Waals surface area contributed by atoms with Crippen LogP contribution in [0.4, 0.5) is 8.78 Å². The standard InChI is InChI=1S/C9H10F2N2O2S/c1-4(12)5-2-6(10)8(7(11)3-5)9(14)15-16-13/h2-4H,12-13H2,1H3/t4-/m1/s1. The van der Waals surface area contributed by atoms with Gasteiger partial charge in [-0.2, -0.15) is 0 Å². The molecule has 1 aromatic carbocycles. The van der Waals surface area contributed by atoms with Gasteiger partial charge in [-0.25, -0.2) is 18.7 Å². The van der Waals surface area contributed by atoms with Gasteiger partial charge in [0.1, 0.15) is 29.4 Å². The molecule has 1 aromatic rings. The Morgan fingerprint density at radius 2 is 1.94 bits per heavy atom. The second-order valence-electron chi connectivity index (χ2n) is 3.12. The Morgan fingerprint density at radius 3 is 2.31 bits per heavy atom. The zero-order valence-electron chi connectivity index (χ0n) is 8.37. The molecule has 4 N–H and O–H groups in total. The first kappa shape index (κ1) is 12.9. The van der Waals surface area contributed by atoms with Crippen LogP contribution in [0.2, 0.25) is 0 Å². The molecule has 0 bridgehead atoms. The van der Waals surface area contributed by atoms with Gasteiger partial charge in [0.25, 0.3) is 0 Å². The summed E-state index contributed by atoms with van der Waals surface area (Å²) in [6, 6.07) is 1.45. The molecule has 0 aliphatic carbocycles. The number of nitrogens with two attached hydrogens (primary N) is 2. The van der Waals surface area contributed by atoms with Crippen LogP contribution >= 0.6 is 12.2 Å². The van der Waals surface area contributed by atoms with Crippen molar-refractivity contribution in [2.75, 3.05) is 0 Å².